The smallest absolute Gasteiger partial charge is 0.242 e. The van der Waals surface area contributed by atoms with Gasteiger partial charge in [-0.2, -0.15) is 0 Å². The first-order chi connectivity index (χ1) is 13.5. The maximum Gasteiger partial charge on any atom is 0.242 e. The van der Waals surface area contributed by atoms with Gasteiger partial charge in [0, 0.05) is 31.8 Å². The number of carbonyl (C=O) groups excluding carboxylic acids is 2. The van der Waals surface area contributed by atoms with Crippen LogP contribution >= 0.6 is 11.6 Å². The second-order valence-corrected chi connectivity index (χ2v) is 7.06. The summed E-state index contributed by atoms with van der Waals surface area (Å²) in [5.74, 6) is -0.271. The standard InChI is InChI=1S/C22H27ClN2O3/c1-17(22(27)24-13-6-14-28-2)25(16-19-9-11-20(23)12-10-19)21(26)15-18-7-4-3-5-8-18/h3-5,7-12,17H,6,13-16H2,1-2H3,(H,24,27). The van der Waals surface area contributed by atoms with E-state index in [0.717, 1.165) is 17.5 Å². The van der Waals surface area contributed by atoms with Crippen molar-refractivity contribution in [1.82, 2.24) is 10.2 Å². The Morgan fingerprint density at radius 1 is 1.07 bits per heavy atom. The summed E-state index contributed by atoms with van der Waals surface area (Å²) in [7, 11) is 1.63. The molecule has 0 aromatic heterocycles. The number of benzene rings is 2. The number of nitrogens with zero attached hydrogens (tertiary/aromatic N) is 1. The highest BCUT2D eigenvalue weighted by Crippen LogP contribution is 2.15. The number of rotatable bonds is 10. The van der Waals surface area contributed by atoms with Crippen LogP contribution < -0.4 is 5.32 Å². The molecule has 2 amide bonds. The van der Waals surface area contributed by atoms with Crippen molar-refractivity contribution in [3.63, 3.8) is 0 Å². The lowest BCUT2D eigenvalue weighted by Crippen LogP contribution is -2.48. The van der Waals surface area contributed by atoms with E-state index in [9.17, 15) is 9.59 Å². The van der Waals surface area contributed by atoms with E-state index in [1.807, 2.05) is 42.5 Å². The first-order valence-corrected chi connectivity index (χ1v) is 9.73. The molecule has 2 rings (SSSR count). The van der Waals surface area contributed by atoms with Crippen molar-refractivity contribution in [3.05, 3.63) is 70.7 Å². The molecular formula is C22H27ClN2O3. The molecule has 0 saturated carbocycles. The Hall–Kier alpha value is -2.37. The summed E-state index contributed by atoms with van der Waals surface area (Å²) in [5.41, 5.74) is 1.84. The molecule has 0 spiro atoms. The summed E-state index contributed by atoms with van der Waals surface area (Å²) in [6.07, 6.45) is 0.972. The zero-order valence-corrected chi connectivity index (χ0v) is 17.1. The van der Waals surface area contributed by atoms with Gasteiger partial charge < -0.3 is 15.0 Å². The molecule has 0 aliphatic carbocycles. The maximum absolute atomic E-state index is 13.0. The zero-order chi connectivity index (χ0) is 20.4. The Morgan fingerprint density at radius 3 is 2.39 bits per heavy atom. The summed E-state index contributed by atoms with van der Waals surface area (Å²) < 4.78 is 5.00. The van der Waals surface area contributed by atoms with Gasteiger partial charge in [-0.15, -0.1) is 0 Å². The van der Waals surface area contributed by atoms with Crippen molar-refractivity contribution in [2.24, 2.45) is 0 Å². The van der Waals surface area contributed by atoms with E-state index < -0.39 is 6.04 Å². The summed E-state index contributed by atoms with van der Waals surface area (Å²) >= 11 is 5.96. The van der Waals surface area contributed by atoms with E-state index in [-0.39, 0.29) is 18.2 Å². The molecule has 0 aliphatic rings. The average Bonchev–Trinajstić information content (AvgIpc) is 2.70. The van der Waals surface area contributed by atoms with Crippen molar-refractivity contribution in [2.75, 3.05) is 20.3 Å². The van der Waals surface area contributed by atoms with Crippen LogP contribution in [0.3, 0.4) is 0 Å². The van der Waals surface area contributed by atoms with Crippen LogP contribution in [0.4, 0.5) is 0 Å². The third kappa shape index (κ3) is 6.98. The quantitative estimate of drug-likeness (QED) is 0.619. The van der Waals surface area contributed by atoms with Gasteiger partial charge in [0.2, 0.25) is 11.8 Å². The Balaban J connectivity index is 2.10. The second-order valence-electron chi connectivity index (χ2n) is 6.62. The minimum atomic E-state index is -0.588. The fourth-order valence-corrected chi connectivity index (χ4v) is 2.94. The lowest BCUT2D eigenvalue weighted by atomic mass is 10.1. The lowest BCUT2D eigenvalue weighted by Gasteiger charge is -2.29. The second kappa shape index (κ2) is 11.5. The molecule has 5 nitrogen and oxygen atoms in total. The SMILES string of the molecule is COCCCNC(=O)C(C)N(Cc1ccc(Cl)cc1)C(=O)Cc1ccccc1. The van der Waals surface area contributed by atoms with Gasteiger partial charge in [0.1, 0.15) is 6.04 Å². The molecule has 0 heterocycles. The average molecular weight is 403 g/mol. The molecular weight excluding hydrogens is 376 g/mol. The Labute approximate surface area is 171 Å². The van der Waals surface area contributed by atoms with Crippen molar-refractivity contribution in [1.29, 1.82) is 0 Å². The summed E-state index contributed by atoms with van der Waals surface area (Å²) in [5, 5.41) is 3.51. The van der Waals surface area contributed by atoms with Crippen LogP contribution in [0.1, 0.15) is 24.5 Å². The van der Waals surface area contributed by atoms with Gasteiger partial charge in [0.05, 0.1) is 6.42 Å². The molecule has 6 heteroatoms. The molecule has 1 atom stereocenters. The fraction of sp³-hybridized carbons (Fsp3) is 0.364. The highest BCUT2D eigenvalue weighted by atomic mass is 35.5. The third-order valence-electron chi connectivity index (χ3n) is 4.46. The molecule has 0 saturated heterocycles. The Bertz CT molecular complexity index is 750. The molecule has 1 N–H and O–H groups in total. The predicted molar refractivity (Wildman–Crippen MR) is 111 cm³/mol. The van der Waals surface area contributed by atoms with E-state index >= 15 is 0 Å². The van der Waals surface area contributed by atoms with E-state index in [1.165, 1.54) is 0 Å². The van der Waals surface area contributed by atoms with Crippen molar-refractivity contribution in [3.8, 4) is 0 Å². The number of ether oxygens (including phenoxy) is 1. The molecule has 150 valence electrons. The fourth-order valence-electron chi connectivity index (χ4n) is 2.82. The monoisotopic (exact) mass is 402 g/mol. The molecule has 2 aromatic carbocycles. The number of carbonyl (C=O) groups is 2. The van der Waals surface area contributed by atoms with Gasteiger partial charge in [-0.25, -0.2) is 0 Å². The molecule has 28 heavy (non-hydrogen) atoms. The molecule has 0 radical (unpaired) electrons. The number of methoxy groups -OCH3 is 1. The van der Waals surface area contributed by atoms with Crippen LogP contribution in [-0.2, 0) is 27.3 Å². The van der Waals surface area contributed by atoms with Crippen molar-refractivity contribution in [2.45, 2.75) is 32.4 Å². The number of hydrogen-bond acceptors (Lipinski definition) is 3. The van der Waals surface area contributed by atoms with Crippen LogP contribution in [0.15, 0.2) is 54.6 Å². The van der Waals surface area contributed by atoms with Gasteiger partial charge >= 0.3 is 0 Å². The van der Waals surface area contributed by atoms with E-state index in [2.05, 4.69) is 5.32 Å². The summed E-state index contributed by atoms with van der Waals surface area (Å²) in [4.78, 5) is 27.2. The first-order valence-electron chi connectivity index (χ1n) is 9.35. The van der Waals surface area contributed by atoms with Crippen LogP contribution in [0.5, 0.6) is 0 Å². The minimum absolute atomic E-state index is 0.0966. The number of nitrogens with one attached hydrogen (secondary N) is 1. The molecule has 0 fully saturated rings. The Kier molecular flexibility index (Phi) is 8.98. The summed E-state index contributed by atoms with van der Waals surface area (Å²) in [6.45, 7) is 3.19. The summed E-state index contributed by atoms with van der Waals surface area (Å²) in [6, 6.07) is 16.3. The molecule has 1 unspecified atom stereocenters. The highest BCUT2D eigenvalue weighted by Gasteiger charge is 2.26. The largest absolute Gasteiger partial charge is 0.385 e. The normalized spacial score (nSPS) is 11.7. The van der Waals surface area contributed by atoms with Gasteiger partial charge in [-0.3, -0.25) is 9.59 Å². The number of hydrogen-bond donors (Lipinski definition) is 1. The van der Waals surface area contributed by atoms with Gasteiger partial charge in [0.15, 0.2) is 0 Å². The van der Waals surface area contributed by atoms with Crippen LogP contribution in [0.25, 0.3) is 0 Å². The van der Waals surface area contributed by atoms with Crippen LogP contribution in [0.2, 0.25) is 5.02 Å². The molecule has 2 aromatic rings. The number of amides is 2. The van der Waals surface area contributed by atoms with Gasteiger partial charge in [0.25, 0.3) is 0 Å². The Morgan fingerprint density at radius 2 is 1.75 bits per heavy atom. The van der Waals surface area contributed by atoms with Crippen molar-refractivity contribution >= 4 is 23.4 Å². The van der Waals surface area contributed by atoms with Gasteiger partial charge in [-0.1, -0.05) is 54.1 Å². The maximum atomic E-state index is 13.0. The van der Waals surface area contributed by atoms with Crippen molar-refractivity contribution < 1.29 is 14.3 Å². The molecule has 0 bridgehead atoms. The van der Waals surface area contributed by atoms with E-state index in [1.54, 1.807) is 31.1 Å². The third-order valence-corrected chi connectivity index (χ3v) is 4.71. The topological polar surface area (TPSA) is 58.6 Å². The highest BCUT2D eigenvalue weighted by molar-refractivity contribution is 6.30. The van der Waals surface area contributed by atoms with Crippen LogP contribution in [0, 0.1) is 0 Å². The van der Waals surface area contributed by atoms with Gasteiger partial charge in [-0.05, 0) is 36.6 Å². The van der Waals surface area contributed by atoms with Crippen LogP contribution in [-0.4, -0.2) is 43.0 Å². The lowest BCUT2D eigenvalue weighted by molar-refractivity contribution is -0.140. The zero-order valence-electron chi connectivity index (χ0n) is 16.4. The molecule has 0 aliphatic heterocycles. The number of halogens is 1. The minimum Gasteiger partial charge on any atom is -0.385 e. The van der Waals surface area contributed by atoms with E-state index in [4.69, 9.17) is 16.3 Å². The predicted octanol–water partition coefficient (Wildman–Crippen LogP) is 3.45. The van der Waals surface area contributed by atoms with E-state index in [0.29, 0.717) is 24.7 Å². The first kappa shape index (κ1) is 21.9.